The number of anilines is 2. The zero-order valence-electron chi connectivity index (χ0n) is 12.0. The lowest BCUT2D eigenvalue weighted by atomic mass is 10.2. The van der Waals surface area contributed by atoms with Gasteiger partial charge in [-0.05, 0) is 48.4 Å². The van der Waals surface area contributed by atoms with E-state index in [1.807, 2.05) is 6.92 Å². The summed E-state index contributed by atoms with van der Waals surface area (Å²) in [6.45, 7) is 1.86. The Hall–Kier alpha value is -2.21. The predicted octanol–water partition coefficient (Wildman–Crippen LogP) is 2.53. The Balaban J connectivity index is 2.13. The normalized spacial score (nSPS) is 11.1. The lowest BCUT2D eigenvalue weighted by molar-refractivity contribution is 0.412. The first-order chi connectivity index (χ1) is 9.89. The molecule has 6 heteroatoms. The van der Waals surface area contributed by atoms with Crippen molar-refractivity contribution in [1.29, 1.82) is 0 Å². The van der Waals surface area contributed by atoms with Crippen LogP contribution in [0.4, 0.5) is 11.4 Å². The summed E-state index contributed by atoms with van der Waals surface area (Å²) in [7, 11) is -1.89. The van der Waals surface area contributed by atoms with Gasteiger partial charge in [-0.25, -0.2) is 8.42 Å². The number of benzene rings is 2. The SMILES string of the molecule is COc1ccc(NS(=O)(=O)Cc2ccc(N)cc2)cc1C. The maximum atomic E-state index is 12.1. The van der Waals surface area contributed by atoms with E-state index < -0.39 is 10.0 Å². The molecule has 0 heterocycles. The van der Waals surface area contributed by atoms with Crippen molar-refractivity contribution in [3.63, 3.8) is 0 Å². The van der Waals surface area contributed by atoms with Crippen LogP contribution in [0.3, 0.4) is 0 Å². The van der Waals surface area contributed by atoms with Crippen molar-refractivity contribution in [3.8, 4) is 5.75 Å². The first-order valence-electron chi connectivity index (χ1n) is 6.39. The smallest absolute Gasteiger partial charge is 0.236 e. The molecule has 0 saturated heterocycles. The molecule has 2 rings (SSSR count). The second-order valence-corrected chi connectivity index (χ2v) is 6.51. The van der Waals surface area contributed by atoms with Crippen LogP contribution in [0.15, 0.2) is 42.5 Å². The third-order valence-corrected chi connectivity index (χ3v) is 4.26. The summed E-state index contributed by atoms with van der Waals surface area (Å²) in [5.41, 5.74) is 8.25. The van der Waals surface area contributed by atoms with Crippen molar-refractivity contribution >= 4 is 21.4 Å². The van der Waals surface area contributed by atoms with Gasteiger partial charge in [-0.2, -0.15) is 0 Å². The van der Waals surface area contributed by atoms with E-state index in [1.54, 1.807) is 49.6 Å². The number of aryl methyl sites for hydroxylation is 1. The van der Waals surface area contributed by atoms with Crippen molar-refractivity contribution in [2.24, 2.45) is 0 Å². The average Bonchev–Trinajstić information content (AvgIpc) is 2.41. The highest BCUT2D eigenvalue weighted by Gasteiger charge is 2.12. The van der Waals surface area contributed by atoms with Crippen molar-refractivity contribution in [3.05, 3.63) is 53.6 Å². The summed E-state index contributed by atoms with van der Waals surface area (Å²) in [5, 5.41) is 0. The van der Waals surface area contributed by atoms with Crippen LogP contribution in [0, 0.1) is 6.92 Å². The summed E-state index contributed by atoms with van der Waals surface area (Å²) >= 11 is 0. The quantitative estimate of drug-likeness (QED) is 0.832. The maximum Gasteiger partial charge on any atom is 0.236 e. The Labute approximate surface area is 124 Å². The van der Waals surface area contributed by atoms with E-state index >= 15 is 0 Å². The fraction of sp³-hybridized carbons (Fsp3) is 0.200. The molecule has 0 spiro atoms. The molecule has 21 heavy (non-hydrogen) atoms. The zero-order chi connectivity index (χ0) is 15.5. The summed E-state index contributed by atoms with van der Waals surface area (Å²) in [5.74, 6) is 0.620. The van der Waals surface area contributed by atoms with E-state index in [-0.39, 0.29) is 5.75 Å². The van der Waals surface area contributed by atoms with Crippen LogP contribution >= 0.6 is 0 Å². The molecule has 0 fully saturated rings. The Morgan fingerprint density at radius 2 is 1.81 bits per heavy atom. The van der Waals surface area contributed by atoms with Crippen LogP contribution in [0.1, 0.15) is 11.1 Å². The van der Waals surface area contributed by atoms with E-state index in [9.17, 15) is 8.42 Å². The van der Waals surface area contributed by atoms with Crippen molar-refractivity contribution in [1.82, 2.24) is 0 Å². The number of nitrogens with two attached hydrogens (primary N) is 1. The van der Waals surface area contributed by atoms with Crippen LogP contribution in [0.2, 0.25) is 0 Å². The number of nitrogen functional groups attached to an aromatic ring is 1. The number of hydrogen-bond donors (Lipinski definition) is 2. The number of ether oxygens (including phenoxy) is 1. The molecule has 2 aromatic carbocycles. The minimum Gasteiger partial charge on any atom is -0.496 e. The van der Waals surface area contributed by atoms with Gasteiger partial charge in [-0.3, -0.25) is 4.72 Å². The van der Waals surface area contributed by atoms with Gasteiger partial charge < -0.3 is 10.5 Å². The molecule has 112 valence electrons. The Morgan fingerprint density at radius 3 is 2.38 bits per heavy atom. The lowest BCUT2D eigenvalue weighted by Crippen LogP contribution is -2.15. The molecular formula is C15H18N2O3S. The molecule has 0 unspecified atom stereocenters. The summed E-state index contributed by atoms with van der Waals surface area (Å²) < 4.78 is 32.0. The fourth-order valence-electron chi connectivity index (χ4n) is 1.99. The molecule has 0 saturated carbocycles. The number of methoxy groups -OCH3 is 1. The second-order valence-electron chi connectivity index (χ2n) is 4.79. The molecule has 0 aliphatic rings. The average molecular weight is 306 g/mol. The Morgan fingerprint density at radius 1 is 1.14 bits per heavy atom. The third-order valence-electron chi connectivity index (χ3n) is 3.00. The zero-order valence-corrected chi connectivity index (χ0v) is 12.8. The first-order valence-corrected chi connectivity index (χ1v) is 8.04. The van der Waals surface area contributed by atoms with Gasteiger partial charge in [-0.1, -0.05) is 12.1 Å². The standard InChI is InChI=1S/C15H18N2O3S/c1-11-9-14(7-8-15(11)20-2)17-21(18,19)10-12-3-5-13(16)6-4-12/h3-9,17H,10,16H2,1-2H3. The molecular weight excluding hydrogens is 288 g/mol. The van der Waals surface area contributed by atoms with E-state index in [2.05, 4.69) is 4.72 Å². The Kier molecular flexibility index (Phi) is 4.37. The molecule has 0 amide bonds. The largest absolute Gasteiger partial charge is 0.496 e. The monoisotopic (exact) mass is 306 g/mol. The highest BCUT2D eigenvalue weighted by Crippen LogP contribution is 2.22. The van der Waals surface area contributed by atoms with Crippen LogP contribution in [0.25, 0.3) is 0 Å². The number of nitrogens with one attached hydrogen (secondary N) is 1. The van der Waals surface area contributed by atoms with E-state index in [0.29, 0.717) is 16.9 Å². The lowest BCUT2D eigenvalue weighted by Gasteiger charge is -2.11. The fourth-order valence-corrected chi connectivity index (χ4v) is 3.18. The number of hydrogen-bond acceptors (Lipinski definition) is 4. The van der Waals surface area contributed by atoms with Crippen LogP contribution in [-0.4, -0.2) is 15.5 Å². The van der Waals surface area contributed by atoms with Crippen molar-refractivity contribution in [2.45, 2.75) is 12.7 Å². The van der Waals surface area contributed by atoms with E-state index in [0.717, 1.165) is 11.3 Å². The predicted molar refractivity (Wildman–Crippen MR) is 84.8 cm³/mol. The molecule has 0 aromatic heterocycles. The minimum absolute atomic E-state index is 0.0989. The summed E-state index contributed by atoms with van der Waals surface area (Å²) in [6.07, 6.45) is 0. The topological polar surface area (TPSA) is 81.4 Å². The van der Waals surface area contributed by atoms with Gasteiger partial charge in [0.25, 0.3) is 0 Å². The molecule has 0 aliphatic carbocycles. The Bertz CT molecular complexity index is 725. The van der Waals surface area contributed by atoms with E-state index in [4.69, 9.17) is 10.5 Å². The van der Waals surface area contributed by atoms with Gasteiger partial charge in [0.1, 0.15) is 5.75 Å². The minimum atomic E-state index is -3.47. The summed E-state index contributed by atoms with van der Waals surface area (Å²) in [4.78, 5) is 0. The van der Waals surface area contributed by atoms with Crippen LogP contribution in [-0.2, 0) is 15.8 Å². The van der Waals surface area contributed by atoms with Crippen LogP contribution in [0.5, 0.6) is 5.75 Å². The molecule has 0 aliphatic heterocycles. The molecule has 0 bridgehead atoms. The number of rotatable bonds is 5. The second kappa shape index (κ2) is 6.05. The van der Waals surface area contributed by atoms with Gasteiger partial charge in [0.05, 0.1) is 12.9 Å². The first kappa shape index (κ1) is 15.2. The van der Waals surface area contributed by atoms with Gasteiger partial charge in [0.2, 0.25) is 10.0 Å². The molecule has 2 aromatic rings. The highest BCUT2D eigenvalue weighted by molar-refractivity contribution is 7.91. The third kappa shape index (κ3) is 4.13. The van der Waals surface area contributed by atoms with E-state index in [1.165, 1.54) is 0 Å². The molecule has 0 radical (unpaired) electrons. The van der Waals surface area contributed by atoms with Gasteiger partial charge >= 0.3 is 0 Å². The van der Waals surface area contributed by atoms with Gasteiger partial charge in [0, 0.05) is 11.4 Å². The van der Waals surface area contributed by atoms with Crippen molar-refractivity contribution in [2.75, 3.05) is 17.6 Å². The molecule has 5 nitrogen and oxygen atoms in total. The molecule has 3 N–H and O–H groups in total. The van der Waals surface area contributed by atoms with Crippen molar-refractivity contribution < 1.29 is 13.2 Å². The van der Waals surface area contributed by atoms with Crippen LogP contribution < -0.4 is 15.2 Å². The van der Waals surface area contributed by atoms with Gasteiger partial charge in [-0.15, -0.1) is 0 Å². The molecule has 0 atom stereocenters. The highest BCUT2D eigenvalue weighted by atomic mass is 32.2. The van der Waals surface area contributed by atoms with Gasteiger partial charge in [0.15, 0.2) is 0 Å². The maximum absolute atomic E-state index is 12.1. The summed E-state index contributed by atoms with van der Waals surface area (Å²) in [6, 6.07) is 11.9. The number of sulfonamides is 1.